The van der Waals surface area contributed by atoms with Crippen molar-refractivity contribution in [3.05, 3.63) is 89.0 Å². The van der Waals surface area contributed by atoms with Crippen molar-refractivity contribution < 1.29 is 45.3 Å². The Morgan fingerprint density at radius 3 is 2.24 bits per heavy atom. The summed E-state index contributed by atoms with van der Waals surface area (Å²) in [7, 11) is -3.71. The van der Waals surface area contributed by atoms with Crippen LogP contribution in [0.25, 0.3) is 0 Å². The molecule has 3 aromatic carbocycles. The van der Waals surface area contributed by atoms with Gasteiger partial charge in [0, 0.05) is 12.6 Å². The van der Waals surface area contributed by atoms with Crippen LogP contribution < -0.4 is 14.8 Å². The number of rotatable bonds is 11. The summed E-state index contributed by atoms with van der Waals surface area (Å²) in [5.74, 6) is -0.454. The van der Waals surface area contributed by atoms with Gasteiger partial charge in [-0.15, -0.1) is 0 Å². The van der Waals surface area contributed by atoms with E-state index >= 15 is 0 Å². The normalized spacial score (nSPS) is 13.8. The number of hydrogen-bond acceptors (Lipinski definition) is 6. The second kappa shape index (κ2) is 12.0. The van der Waals surface area contributed by atoms with E-state index < -0.39 is 40.5 Å². The van der Waals surface area contributed by atoms with E-state index in [-0.39, 0.29) is 35.7 Å². The first-order chi connectivity index (χ1) is 17.7. The molecule has 0 aliphatic carbocycles. The van der Waals surface area contributed by atoms with Gasteiger partial charge in [-0.25, -0.2) is 8.42 Å². The highest BCUT2D eigenvalue weighted by atomic mass is 32.2. The largest absolute Gasteiger partial charge is 0.506 e. The standard InChI is InChI=1S/C25H25F5N2O5S/c1-38(35,36)32-21-13-17(7-10-22(21)33)23(34)14-31-20(16-5-8-19(9-6-16)37-24(26)27)12-15-3-2-4-18(11-15)25(28,29)30/h2-11,13,20,23-24,31-34H,12,14H2,1H3/t20-,23+/m1/s1. The van der Waals surface area contributed by atoms with Gasteiger partial charge in [-0.05, 0) is 53.4 Å². The highest BCUT2D eigenvalue weighted by molar-refractivity contribution is 7.92. The lowest BCUT2D eigenvalue weighted by Crippen LogP contribution is -2.28. The molecular formula is C25H25F5N2O5S. The third kappa shape index (κ3) is 8.57. The molecule has 206 valence electrons. The molecule has 38 heavy (non-hydrogen) atoms. The van der Waals surface area contributed by atoms with Crippen molar-refractivity contribution in [1.29, 1.82) is 0 Å². The maximum Gasteiger partial charge on any atom is 0.416 e. The lowest BCUT2D eigenvalue weighted by Gasteiger charge is -2.23. The van der Waals surface area contributed by atoms with Crippen LogP contribution in [-0.4, -0.2) is 38.0 Å². The molecule has 3 rings (SSSR count). The zero-order valence-electron chi connectivity index (χ0n) is 19.9. The highest BCUT2D eigenvalue weighted by Gasteiger charge is 2.30. The smallest absolute Gasteiger partial charge is 0.416 e. The molecule has 0 aromatic heterocycles. The molecule has 0 heterocycles. The van der Waals surface area contributed by atoms with Crippen LogP contribution in [0, 0.1) is 0 Å². The molecule has 0 spiro atoms. The molecule has 0 bridgehead atoms. The number of aliphatic hydroxyl groups is 1. The molecule has 0 aliphatic heterocycles. The van der Waals surface area contributed by atoms with Gasteiger partial charge in [0.15, 0.2) is 0 Å². The van der Waals surface area contributed by atoms with Crippen LogP contribution in [0.2, 0.25) is 0 Å². The van der Waals surface area contributed by atoms with Gasteiger partial charge in [-0.1, -0.05) is 36.4 Å². The summed E-state index contributed by atoms with van der Waals surface area (Å²) in [6, 6.07) is 13.5. The fraction of sp³-hybridized carbons (Fsp3) is 0.280. The van der Waals surface area contributed by atoms with Crippen LogP contribution in [0.15, 0.2) is 66.7 Å². The molecule has 0 aliphatic rings. The van der Waals surface area contributed by atoms with Crippen molar-refractivity contribution in [2.45, 2.75) is 31.4 Å². The predicted molar refractivity (Wildman–Crippen MR) is 130 cm³/mol. The van der Waals surface area contributed by atoms with Gasteiger partial charge in [-0.3, -0.25) is 4.72 Å². The molecule has 2 atom stereocenters. The molecule has 0 amide bonds. The second-order valence-electron chi connectivity index (χ2n) is 8.48. The number of halogens is 5. The SMILES string of the molecule is CS(=O)(=O)Nc1cc([C@@H](O)CN[C@H](Cc2cccc(C(F)(F)F)c2)c2ccc(OC(F)F)cc2)ccc1O. The third-order valence-corrected chi connectivity index (χ3v) is 6.05. The van der Waals surface area contributed by atoms with E-state index in [0.29, 0.717) is 11.1 Å². The van der Waals surface area contributed by atoms with Crippen LogP contribution in [-0.2, 0) is 22.6 Å². The summed E-state index contributed by atoms with van der Waals surface area (Å²) in [5, 5.41) is 23.7. The quantitative estimate of drug-likeness (QED) is 0.195. The fourth-order valence-corrected chi connectivity index (χ4v) is 4.28. The number of alkyl halides is 5. The van der Waals surface area contributed by atoms with E-state index in [0.717, 1.165) is 18.4 Å². The Kier molecular flexibility index (Phi) is 9.18. The summed E-state index contributed by atoms with van der Waals surface area (Å²) < 4.78 is 94.2. The first-order valence-electron chi connectivity index (χ1n) is 11.1. The number of aromatic hydroxyl groups is 1. The summed E-state index contributed by atoms with van der Waals surface area (Å²) in [4.78, 5) is 0. The Hall–Kier alpha value is -3.42. The highest BCUT2D eigenvalue weighted by Crippen LogP contribution is 2.32. The van der Waals surface area contributed by atoms with E-state index in [1.54, 1.807) is 0 Å². The average molecular weight is 561 g/mol. The topological polar surface area (TPSA) is 108 Å². The van der Waals surface area contributed by atoms with Gasteiger partial charge in [0.05, 0.1) is 23.6 Å². The summed E-state index contributed by atoms with van der Waals surface area (Å²) >= 11 is 0. The summed E-state index contributed by atoms with van der Waals surface area (Å²) in [5.41, 5.74) is 0.147. The Bertz CT molecular complexity index is 1330. The Labute approximate surface area is 215 Å². The van der Waals surface area contributed by atoms with Crippen LogP contribution in [0.1, 0.15) is 34.4 Å². The molecule has 3 aromatic rings. The minimum absolute atomic E-state index is 0.0577. The van der Waals surface area contributed by atoms with Crippen LogP contribution in [0.3, 0.4) is 0 Å². The van der Waals surface area contributed by atoms with Crippen LogP contribution in [0.4, 0.5) is 27.6 Å². The summed E-state index contributed by atoms with van der Waals surface area (Å²) in [6.07, 6.45) is -4.80. The molecule has 0 saturated carbocycles. The second-order valence-corrected chi connectivity index (χ2v) is 10.2. The number of phenols is 1. The fourth-order valence-electron chi connectivity index (χ4n) is 3.71. The van der Waals surface area contributed by atoms with Gasteiger partial charge < -0.3 is 20.3 Å². The Balaban J connectivity index is 1.84. The molecule has 4 N–H and O–H groups in total. The van der Waals surface area contributed by atoms with Gasteiger partial charge in [0.25, 0.3) is 0 Å². The molecule has 0 saturated heterocycles. The monoisotopic (exact) mass is 560 g/mol. The first kappa shape index (κ1) is 29.1. The number of sulfonamides is 1. The van der Waals surface area contributed by atoms with Gasteiger partial charge in [0.1, 0.15) is 11.5 Å². The molecule has 0 fully saturated rings. The van der Waals surface area contributed by atoms with Gasteiger partial charge in [-0.2, -0.15) is 22.0 Å². The van der Waals surface area contributed by atoms with E-state index in [9.17, 15) is 40.6 Å². The van der Waals surface area contributed by atoms with Crippen molar-refractivity contribution in [2.75, 3.05) is 17.5 Å². The number of nitrogens with one attached hydrogen (secondary N) is 2. The zero-order chi connectivity index (χ0) is 28.1. The van der Waals surface area contributed by atoms with E-state index in [1.165, 1.54) is 54.6 Å². The maximum absolute atomic E-state index is 13.2. The van der Waals surface area contributed by atoms with E-state index in [4.69, 9.17) is 0 Å². The molecule has 0 unspecified atom stereocenters. The lowest BCUT2D eigenvalue weighted by atomic mass is 9.97. The number of phenolic OH excluding ortho intramolecular Hbond substituents is 1. The van der Waals surface area contributed by atoms with Crippen molar-refractivity contribution in [2.24, 2.45) is 0 Å². The summed E-state index contributed by atoms with van der Waals surface area (Å²) in [6.45, 7) is -3.15. The molecular weight excluding hydrogens is 535 g/mol. The third-order valence-electron chi connectivity index (χ3n) is 5.46. The number of anilines is 1. The molecule has 7 nitrogen and oxygen atoms in total. The Morgan fingerprint density at radius 2 is 1.63 bits per heavy atom. The van der Waals surface area contributed by atoms with Crippen molar-refractivity contribution in [3.63, 3.8) is 0 Å². The number of benzene rings is 3. The van der Waals surface area contributed by atoms with Crippen LogP contribution in [0.5, 0.6) is 11.5 Å². The predicted octanol–water partition coefficient (Wildman–Crippen LogP) is 4.99. The first-order valence-corrected chi connectivity index (χ1v) is 13.0. The zero-order valence-corrected chi connectivity index (χ0v) is 20.7. The minimum atomic E-state index is -4.54. The number of aliphatic hydroxyl groups excluding tert-OH is 1. The van der Waals surface area contributed by atoms with Crippen molar-refractivity contribution in [3.8, 4) is 11.5 Å². The maximum atomic E-state index is 13.2. The van der Waals surface area contributed by atoms with E-state index in [1.807, 2.05) is 0 Å². The minimum Gasteiger partial charge on any atom is -0.506 e. The lowest BCUT2D eigenvalue weighted by molar-refractivity contribution is -0.137. The van der Waals surface area contributed by atoms with Crippen LogP contribution >= 0.6 is 0 Å². The Morgan fingerprint density at radius 1 is 0.974 bits per heavy atom. The number of hydrogen-bond donors (Lipinski definition) is 4. The van der Waals surface area contributed by atoms with Crippen molar-refractivity contribution >= 4 is 15.7 Å². The van der Waals surface area contributed by atoms with Gasteiger partial charge in [0.2, 0.25) is 10.0 Å². The molecule has 0 radical (unpaired) electrons. The molecule has 13 heteroatoms. The average Bonchev–Trinajstić information content (AvgIpc) is 2.82. The van der Waals surface area contributed by atoms with Gasteiger partial charge >= 0.3 is 12.8 Å². The number of ether oxygens (including phenoxy) is 1. The van der Waals surface area contributed by atoms with Crippen molar-refractivity contribution in [1.82, 2.24) is 5.32 Å². The van der Waals surface area contributed by atoms with E-state index in [2.05, 4.69) is 14.8 Å².